The molecule has 0 spiro atoms. The third-order valence-corrected chi connectivity index (χ3v) is 5.06. The van der Waals surface area contributed by atoms with E-state index < -0.39 is 0 Å². The van der Waals surface area contributed by atoms with E-state index in [-0.39, 0.29) is 0 Å². The van der Waals surface area contributed by atoms with Gasteiger partial charge in [0.25, 0.3) is 0 Å². The predicted octanol–water partition coefficient (Wildman–Crippen LogP) is 4.50. The summed E-state index contributed by atoms with van der Waals surface area (Å²) in [5.74, 6) is 0.329. The number of para-hydroxylation sites is 1. The van der Waals surface area contributed by atoms with Crippen molar-refractivity contribution < 1.29 is 4.79 Å². The van der Waals surface area contributed by atoms with Gasteiger partial charge in [-0.1, -0.05) is 18.2 Å². The summed E-state index contributed by atoms with van der Waals surface area (Å²) in [6, 6.07) is 14.3. The molecule has 0 amide bonds. The highest BCUT2D eigenvalue weighted by molar-refractivity contribution is 6.07. The Morgan fingerprint density at radius 3 is 2.72 bits per heavy atom. The molecule has 3 rings (SSSR count). The Bertz CT molecular complexity index is 927. The molecule has 4 N–H and O–H groups in total. The summed E-state index contributed by atoms with van der Waals surface area (Å²) in [7, 11) is 1.88. The molecule has 0 aromatic heterocycles. The summed E-state index contributed by atoms with van der Waals surface area (Å²) in [5, 5.41) is 27.3. The topological polar surface area (TPSA) is 101 Å². The molecule has 0 bridgehead atoms. The number of hydrogen-bond acceptors (Lipinski definition) is 6. The number of carbonyl (C=O) groups is 1. The molecule has 0 radical (unpaired) electrons. The molecule has 0 heterocycles. The summed E-state index contributed by atoms with van der Waals surface area (Å²) in [6.07, 6.45) is 3.90. The normalized spacial score (nSPS) is 12.7. The van der Waals surface area contributed by atoms with Crippen molar-refractivity contribution in [1.29, 1.82) is 10.7 Å². The van der Waals surface area contributed by atoms with Crippen molar-refractivity contribution in [2.75, 3.05) is 36.1 Å². The molecule has 1 fully saturated rings. The Labute approximate surface area is 171 Å². The van der Waals surface area contributed by atoms with Crippen LogP contribution in [0.1, 0.15) is 31.2 Å². The third kappa shape index (κ3) is 4.94. The van der Waals surface area contributed by atoms with Gasteiger partial charge in [-0.15, -0.1) is 0 Å². The average Bonchev–Trinajstić information content (AvgIpc) is 3.59. The summed E-state index contributed by atoms with van der Waals surface area (Å²) in [5.41, 5.74) is 6.41. The molecule has 2 aromatic rings. The van der Waals surface area contributed by atoms with Crippen molar-refractivity contribution in [3.05, 3.63) is 42.0 Å². The first-order valence-electron chi connectivity index (χ1n) is 10.0. The number of nitrogens with zero attached hydrogens (tertiary/aromatic N) is 1. The zero-order valence-corrected chi connectivity index (χ0v) is 16.7. The van der Waals surface area contributed by atoms with Crippen LogP contribution in [0, 0.1) is 22.7 Å². The molecular formula is C23H27N5O. The molecule has 29 heavy (non-hydrogen) atoms. The Kier molecular flexibility index (Phi) is 6.85. The molecule has 6 nitrogen and oxygen atoms in total. The summed E-state index contributed by atoms with van der Waals surface area (Å²) < 4.78 is 0. The lowest BCUT2D eigenvalue weighted by atomic mass is 9.95. The van der Waals surface area contributed by atoms with E-state index in [2.05, 4.69) is 28.1 Å². The SMILES string of the molecule is CNc1cccc(-c2ccc(NCCC#N)c(C(=N)C3CC3)c2)c1NCCC=O. The van der Waals surface area contributed by atoms with Crippen LogP contribution in [0.3, 0.4) is 0 Å². The van der Waals surface area contributed by atoms with Gasteiger partial charge >= 0.3 is 0 Å². The second-order valence-corrected chi connectivity index (χ2v) is 7.14. The molecule has 1 saturated carbocycles. The van der Waals surface area contributed by atoms with Gasteiger partial charge in [-0.05, 0) is 36.6 Å². The smallest absolute Gasteiger partial charge is 0.121 e. The minimum absolute atomic E-state index is 0.329. The van der Waals surface area contributed by atoms with E-state index in [1.165, 1.54) is 0 Å². The van der Waals surface area contributed by atoms with Crippen molar-refractivity contribution in [3.63, 3.8) is 0 Å². The maximum atomic E-state index is 10.7. The van der Waals surface area contributed by atoms with Gasteiger partial charge in [0.1, 0.15) is 6.29 Å². The molecule has 0 unspecified atom stereocenters. The van der Waals surface area contributed by atoms with E-state index in [0.29, 0.717) is 37.6 Å². The van der Waals surface area contributed by atoms with E-state index >= 15 is 0 Å². The third-order valence-electron chi connectivity index (χ3n) is 5.06. The van der Waals surface area contributed by atoms with Crippen LogP contribution in [0.4, 0.5) is 17.1 Å². The summed E-state index contributed by atoms with van der Waals surface area (Å²) >= 11 is 0. The minimum Gasteiger partial charge on any atom is -0.386 e. The van der Waals surface area contributed by atoms with Crippen LogP contribution in [0.2, 0.25) is 0 Å². The van der Waals surface area contributed by atoms with Crippen LogP contribution in [0.15, 0.2) is 36.4 Å². The number of anilines is 3. The fraction of sp³-hybridized carbons (Fsp3) is 0.348. The van der Waals surface area contributed by atoms with Gasteiger partial charge in [0.05, 0.1) is 23.9 Å². The van der Waals surface area contributed by atoms with E-state index in [9.17, 15) is 4.79 Å². The van der Waals surface area contributed by atoms with Gasteiger partial charge in [0.2, 0.25) is 0 Å². The number of aldehydes is 1. The molecule has 1 aliphatic rings. The van der Waals surface area contributed by atoms with Crippen LogP contribution >= 0.6 is 0 Å². The van der Waals surface area contributed by atoms with Gasteiger partial charge in [-0.2, -0.15) is 5.26 Å². The maximum absolute atomic E-state index is 10.7. The number of carbonyl (C=O) groups excluding carboxylic acids is 1. The highest BCUT2D eigenvalue weighted by Gasteiger charge is 2.29. The maximum Gasteiger partial charge on any atom is 0.121 e. The van der Waals surface area contributed by atoms with E-state index in [1.54, 1.807) is 0 Å². The highest BCUT2D eigenvalue weighted by Crippen LogP contribution is 2.39. The van der Waals surface area contributed by atoms with E-state index in [1.807, 2.05) is 37.4 Å². The largest absolute Gasteiger partial charge is 0.386 e. The van der Waals surface area contributed by atoms with E-state index in [4.69, 9.17) is 10.7 Å². The quantitative estimate of drug-likeness (QED) is 0.257. The molecule has 1 aliphatic carbocycles. The van der Waals surface area contributed by atoms with Crippen LogP contribution in [0.5, 0.6) is 0 Å². The second-order valence-electron chi connectivity index (χ2n) is 7.14. The van der Waals surface area contributed by atoms with Gasteiger partial charge in [0.15, 0.2) is 0 Å². The number of rotatable bonds is 11. The molecule has 150 valence electrons. The first-order valence-corrected chi connectivity index (χ1v) is 10.0. The summed E-state index contributed by atoms with van der Waals surface area (Å²) in [4.78, 5) is 10.7. The minimum atomic E-state index is 0.329. The first kappa shape index (κ1) is 20.4. The number of benzene rings is 2. The molecule has 0 aliphatic heterocycles. The zero-order valence-electron chi connectivity index (χ0n) is 16.7. The van der Waals surface area contributed by atoms with Crippen LogP contribution in [-0.2, 0) is 4.79 Å². The van der Waals surface area contributed by atoms with Gasteiger partial charge in [-0.3, -0.25) is 0 Å². The fourth-order valence-electron chi connectivity index (χ4n) is 3.38. The van der Waals surface area contributed by atoms with Crippen LogP contribution in [-0.4, -0.2) is 32.1 Å². The van der Waals surface area contributed by atoms with Gasteiger partial charge < -0.3 is 26.2 Å². The lowest BCUT2D eigenvalue weighted by Crippen LogP contribution is -2.10. The Hall–Kier alpha value is -3.33. The second kappa shape index (κ2) is 9.74. The molecule has 6 heteroatoms. The highest BCUT2D eigenvalue weighted by atomic mass is 16.1. The lowest BCUT2D eigenvalue weighted by molar-refractivity contribution is -0.107. The summed E-state index contributed by atoms with van der Waals surface area (Å²) in [6.45, 7) is 1.13. The molecular weight excluding hydrogens is 362 g/mol. The zero-order chi connectivity index (χ0) is 20.6. The number of hydrogen-bond donors (Lipinski definition) is 4. The molecule has 0 saturated heterocycles. The van der Waals surface area contributed by atoms with Crippen molar-refractivity contribution in [2.24, 2.45) is 5.92 Å². The Balaban J connectivity index is 1.99. The Morgan fingerprint density at radius 2 is 2.03 bits per heavy atom. The molecule has 0 atom stereocenters. The van der Waals surface area contributed by atoms with Crippen molar-refractivity contribution >= 4 is 29.1 Å². The van der Waals surface area contributed by atoms with E-state index in [0.717, 1.165) is 52.9 Å². The fourth-order valence-corrected chi connectivity index (χ4v) is 3.38. The average molecular weight is 390 g/mol. The van der Waals surface area contributed by atoms with Crippen molar-refractivity contribution in [1.82, 2.24) is 0 Å². The number of nitrogens with one attached hydrogen (secondary N) is 4. The van der Waals surface area contributed by atoms with Crippen molar-refractivity contribution in [3.8, 4) is 17.2 Å². The van der Waals surface area contributed by atoms with Crippen LogP contribution < -0.4 is 16.0 Å². The molecule has 2 aromatic carbocycles. The number of nitriles is 1. The monoisotopic (exact) mass is 389 g/mol. The first-order chi connectivity index (χ1) is 14.2. The van der Waals surface area contributed by atoms with Gasteiger partial charge in [0, 0.05) is 55.0 Å². The van der Waals surface area contributed by atoms with Crippen molar-refractivity contribution in [2.45, 2.75) is 25.7 Å². The van der Waals surface area contributed by atoms with Gasteiger partial charge in [-0.25, -0.2) is 0 Å². The van der Waals surface area contributed by atoms with Crippen LogP contribution in [0.25, 0.3) is 11.1 Å². The standard InChI is InChI=1S/C23H27N5O/c1-26-21-6-2-5-18(23(21)28-13-4-14-29)17-9-10-20(27-12-3-11-24)19(15-17)22(25)16-7-8-16/h2,5-6,9-10,14-16,25-28H,3-4,7-8,12-13H2,1H3. The Morgan fingerprint density at radius 1 is 1.21 bits per heavy atom. The lowest BCUT2D eigenvalue weighted by Gasteiger charge is -2.18. The predicted molar refractivity (Wildman–Crippen MR) is 119 cm³/mol.